The van der Waals surface area contributed by atoms with Crippen molar-refractivity contribution in [2.24, 2.45) is 0 Å². The Morgan fingerprint density at radius 2 is 2.07 bits per heavy atom. The number of hydrogen-bond acceptors (Lipinski definition) is 6. The van der Waals surface area contributed by atoms with Gasteiger partial charge in [0, 0.05) is 30.7 Å². The second kappa shape index (κ2) is 9.18. The molecule has 0 unspecified atom stereocenters. The fraction of sp³-hybridized carbons (Fsp3) is 0.263. The van der Waals surface area contributed by atoms with E-state index in [1.54, 1.807) is 6.07 Å². The summed E-state index contributed by atoms with van der Waals surface area (Å²) in [6, 6.07) is 7.59. The summed E-state index contributed by atoms with van der Waals surface area (Å²) in [6.07, 6.45) is -2.67. The first kappa shape index (κ1) is 21.7. The molecule has 0 atom stereocenters. The summed E-state index contributed by atoms with van der Waals surface area (Å²) < 4.78 is 44.6. The van der Waals surface area contributed by atoms with Gasteiger partial charge in [-0.15, -0.1) is 11.3 Å². The van der Waals surface area contributed by atoms with E-state index in [4.69, 9.17) is 4.74 Å². The number of benzene rings is 1. The third-order valence-corrected chi connectivity index (χ3v) is 4.93. The summed E-state index contributed by atoms with van der Waals surface area (Å²) in [5.41, 5.74) is -0.562. The van der Waals surface area contributed by atoms with Gasteiger partial charge in [0.25, 0.3) is 11.5 Å². The standard InChI is InChI=1S/C19H17F3N4O3S/c1-29-8-7-26-16(27)6-5-15(25-26)17(28)24-18-23-11-14(30-18)10-12-3-2-4-13(9-12)19(20,21)22/h2-6,9,11H,7-8,10H2,1H3,(H,23,24,28). The predicted octanol–water partition coefficient (Wildman–Crippen LogP) is 3.21. The van der Waals surface area contributed by atoms with Gasteiger partial charge in [0.1, 0.15) is 5.69 Å². The van der Waals surface area contributed by atoms with Crippen molar-refractivity contribution in [2.45, 2.75) is 19.1 Å². The summed E-state index contributed by atoms with van der Waals surface area (Å²) in [7, 11) is 1.49. The predicted molar refractivity (Wildman–Crippen MR) is 105 cm³/mol. The molecule has 0 spiro atoms. The van der Waals surface area contributed by atoms with E-state index < -0.39 is 17.6 Å². The molecular formula is C19H17F3N4O3S. The van der Waals surface area contributed by atoms with Crippen LogP contribution in [0.2, 0.25) is 0 Å². The maximum Gasteiger partial charge on any atom is 0.416 e. The van der Waals surface area contributed by atoms with Crippen LogP contribution in [0, 0.1) is 0 Å². The SMILES string of the molecule is COCCn1nc(C(=O)Nc2ncc(Cc3cccc(C(F)(F)F)c3)s2)ccc1=O. The number of methoxy groups -OCH3 is 1. The number of nitrogens with zero attached hydrogens (tertiary/aromatic N) is 3. The van der Waals surface area contributed by atoms with Crippen LogP contribution < -0.4 is 10.9 Å². The van der Waals surface area contributed by atoms with Gasteiger partial charge in [-0.2, -0.15) is 18.3 Å². The van der Waals surface area contributed by atoms with Crippen LogP contribution in [0.25, 0.3) is 0 Å². The van der Waals surface area contributed by atoms with Crippen LogP contribution in [-0.4, -0.2) is 34.4 Å². The van der Waals surface area contributed by atoms with Gasteiger partial charge in [-0.05, 0) is 17.7 Å². The fourth-order valence-electron chi connectivity index (χ4n) is 2.57. The Balaban J connectivity index is 1.69. The quantitative estimate of drug-likeness (QED) is 0.612. The molecule has 0 saturated carbocycles. The summed E-state index contributed by atoms with van der Waals surface area (Å²) in [4.78, 5) is 28.9. The Kier molecular flexibility index (Phi) is 6.63. The number of aromatic nitrogens is 3. The highest BCUT2D eigenvalue weighted by Crippen LogP contribution is 2.30. The van der Waals surface area contributed by atoms with E-state index in [0.717, 1.165) is 28.2 Å². The lowest BCUT2D eigenvalue weighted by atomic mass is 10.1. The zero-order chi connectivity index (χ0) is 21.7. The van der Waals surface area contributed by atoms with Crippen molar-refractivity contribution < 1.29 is 22.7 Å². The number of anilines is 1. The van der Waals surface area contributed by atoms with Crippen molar-refractivity contribution >= 4 is 22.4 Å². The first-order valence-electron chi connectivity index (χ1n) is 8.75. The van der Waals surface area contributed by atoms with Crippen molar-refractivity contribution in [1.29, 1.82) is 0 Å². The van der Waals surface area contributed by atoms with E-state index in [0.29, 0.717) is 10.4 Å². The molecule has 11 heteroatoms. The fourth-order valence-corrected chi connectivity index (χ4v) is 3.42. The van der Waals surface area contributed by atoms with Crippen molar-refractivity contribution in [2.75, 3.05) is 19.0 Å². The minimum Gasteiger partial charge on any atom is -0.383 e. The first-order chi connectivity index (χ1) is 14.3. The average Bonchev–Trinajstić information content (AvgIpc) is 3.13. The molecule has 1 amide bonds. The normalized spacial score (nSPS) is 11.5. The summed E-state index contributed by atoms with van der Waals surface area (Å²) in [5, 5.41) is 6.85. The lowest BCUT2D eigenvalue weighted by Crippen LogP contribution is -2.27. The van der Waals surface area contributed by atoms with Crippen molar-refractivity contribution in [1.82, 2.24) is 14.8 Å². The number of carbonyl (C=O) groups excluding carboxylic acids is 1. The van der Waals surface area contributed by atoms with Crippen LogP contribution in [0.5, 0.6) is 0 Å². The van der Waals surface area contributed by atoms with Crippen LogP contribution >= 0.6 is 11.3 Å². The molecule has 0 fully saturated rings. The number of halogens is 3. The minimum atomic E-state index is -4.41. The minimum absolute atomic E-state index is 0.0281. The highest BCUT2D eigenvalue weighted by molar-refractivity contribution is 7.15. The molecule has 0 saturated heterocycles. The molecule has 158 valence electrons. The summed E-state index contributed by atoms with van der Waals surface area (Å²) in [6.45, 7) is 0.470. The van der Waals surface area contributed by atoms with Crippen molar-refractivity contribution in [3.05, 3.63) is 74.6 Å². The molecule has 1 aromatic carbocycles. The van der Waals surface area contributed by atoms with E-state index in [-0.39, 0.29) is 36.0 Å². The van der Waals surface area contributed by atoms with Gasteiger partial charge in [0.2, 0.25) is 0 Å². The average molecular weight is 438 g/mol. The Morgan fingerprint density at radius 3 is 2.80 bits per heavy atom. The molecule has 3 rings (SSSR count). The molecule has 0 bridgehead atoms. The summed E-state index contributed by atoms with van der Waals surface area (Å²) in [5.74, 6) is -0.555. The molecule has 1 N–H and O–H groups in total. The Morgan fingerprint density at radius 1 is 1.27 bits per heavy atom. The number of nitrogens with one attached hydrogen (secondary N) is 1. The molecule has 0 aliphatic heterocycles. The third-order valence-electron chi connectivity index (χ3n) is 4.01. The van der Waals surface area contributed by atoms with Crippen LogP contribution in [0.4, 0.5) is 18.3 Å². The summed E-state index contributed by atoms with van der Waals surface area (Å²) >= 11 is 1.14. The smallest absolute Gasteiger partial charge is 0.383 e. The molecular weight excluding hydrogens is 421 g/mol. The zero-order valence-electron chi connectivity index (χ0n) is 15.8. The van der Waals surface area contributed by atoms with E-state index in [9.17, 15) is 22.8 Å². The zero-order valence-corrected chi connectivity index (χ0v) is 16.6. The lowest BCUT2D eigenvalue weighted by Gasteiger charge is -2.08. The Hall–Kier alpha value is -3.05. The molecule has 0 aliphatic rings. The van der Waals surface area contributed by atoms with Gasteiger partial charge in [0.05, 0.1) is 18.7 Å². The molecule has 2 aromatic heterocycles. The van der Waals surface area contributed by atoms with E-state index >= 15 is 0 Å². The van der Waals surface area contributed by atoms with E-state index in [1.807, 2.05) is 0 Å². The third kappa shape index (κ3) is 5.51. The molecule has 0 aliphatic carbocycles. The van der Waals surface area contributed by atoms with Crippen LogP contribution in [0.15, 0.2) is 47.4 Å². The van der Waals surface area contributed by atoms with Crippen molar-refractivity contribution in [3.8, 4) is 0 Å². The second-order valence-electron chi connectivity index (χ2n) is 6.23. The van der Waals surface area contributed by atoms with Gasteiger partial charge in [-0.1, -0.05) is 18.2 Å². The lowest BCUT2D eigenvalue weighted by molar-refractivity contribution is -0.137. The molecule has 7 nitrogen and oxygen atoms in total. The molecule has 2 heterocycles. The largest absolute Gasteiger partial charge is 0.416 e. The van der Waals surface area contributed by atoms with E-state index in [2.05, 4.69) is 15.4 Å². The van der Waals surface area contributed by atoms with Crippen LogP contribution in [0.1, 0.15) is 26.5 Å². The highest BCUT2D eigenvalue weighted by Gasteiger charge is 2.30. The molecule has 3 aromatic rings. The Bertz CT molecular complexity index is 1090. The second-order valence-corrected chi connectivity index (χ2v) is 7.35. The van der Waals surface area contributed by atoms with Gasteiger partial charge in [-0.25, -0.2) is 9.67 Å². The Labute approximate surface area is 173 Å². The number of rotatable bonds is 7. The number of thiazole rings is 1. The number of amides is 1. The van der Waals surface area contributed by atoms with Gasteiger partial charge in [0.15, 0.2) is 5.13 Å². The monoisotopic (exact) mass is 438 g/mol. The maximum atomic E-state index is 12.8. The number of hydrogen-bond donors (Lipinski definition) is 1. The maximum absolute atomic E-state index is 12.8. The molecule has 0 radical (unpaired) electrons. The van der Waals surface area contributed by atoms with Crippen LogP contribution in [-0.2, 0) is 23.9 Å². The number of carbonyl (C=O) groups is 1. The van der Waals surface area contributed by atoms with E-state index in [1.165, 1.54) is 31.5 Å². The first-order valence-corrected chi connectivity index (χ1v) is 9.57. The highest BCUT2D eigenvalue weighted by atomic mass is 32.1. The topological polar surface area (TPSA) is 86.1 Å². The van der Waals surface area contributed by atoms with Crippen molar-refractivity contribution in [3.63, 3.8) is 0 Å². The van der Waals surface area contributed by atoms with Gasteiger partial charge < -0.3 is 4.74 Å². The number of ether oxygens (including phenoxy) is 1. The van der Waals surface area contributed by atoms with Gasteiger partial charge in [-0.3, -0.25) is 14.9 Å². The number of alkyl halides is 3. The van der Waals surface area contributed by atoms with Gasteiger partial charge >= 0.3 is 6.18 Å². The molecule has 30 heavy (non-hydrogen) atoms. The van der Waals surface area contributed by atoms with Crippen LogP contribution in [0.3, 0.4) is 0 Å².